The van der Waals surface area contributed by atoms with Crippen molar-refractivity contribution >= 4 is 16.9 Å². The Morgan fingerprint density at radius 3 is 2.88 bits per heavy atom. The highest BCUT2D eigenvalue weighted by Gasteiger charge is 2.24. The second-order valence-electron chi connectivity index (χ2n) is 6.34. The quantitative estimate of drug-likeness (QED) is 0.662. The molecule has 7 nitrogen and oxygen atoms in total. The second kappa shape index (κ2) is 6.18. The Kier molecular flexibility index (Phi) is 3.85. The van der Waals surface area contributed by atoms with Crippen LogP contribution >= 0.6 is 0 Å². The fourth-order valence-electron chi connectivity index (χ4n) is 3.17. The number of rotatable bonds is 2. The van der Waals surface area contributed by atoms with Gasteiger partial charge in [-0.25, -0.2) is 4.98 Å². The number of aromatic amines is 1. The minimum atomic E-state index is -0.0119. The molecule has 0 aliphatic carbocycles. The monoisotopic (exact) mass is 337 g/mol. The molecular formula is C18H19N5O2. The van der Waals surface area contributed by atoms with Crippen LogP contribution in [0.1, 0.15) is 17.3 Å². The number of fused-ring (bicyclic) bond motifs is 1. The number of piperazine rings is 1. The van der Waals surface area contributed by atoms with Gasteiger partial charge in [0.2, 0.25) is 0 Å². The first-order chi connectivity index (χ1) is 12.1. The molecule has 128 valence electrons. The smallest absolute Gasteiger partial charge is 0.254 e. The summed E-state index contributed by atoms with van der Waals surface area (Å²) in [4.78, 5) is 19.5. The van der Waals surface area contributed by atoms with Crippen LogP contribution in [0.15, 0.2) is 36.5 Å². The molecule has 3 heterocycles. The van der Waals surface area contributed by atoms with Crippen molar-refractivity contribution in [2.45, 2.75) is 13.0 Å². The van der Waals surface area contributed by atoms with E-state index in [0.717, 1.165) is 17.5 Å². The lowest BCUT2D eigenvalue weighted by Gasteiger charge is -2.32. The second-order valence-corrected chi connectivity index (χ2v) is 6.34. The van der Waals surface area contributed by atoms with E-state index in [-0.39, 0.29) is 17.7 Å². The van der Waals surface area contributed by atoms with Crippen molar-refractivity contribution in [1.29, 1.82) is 0 Å². The Hall–Kier alpha value is -2.93. The van der Waals surface area contributed by atoms with Gasteiger partial charge in [0.25, 0.3) is 5.91 Å². The zero-order chi connectivity index (χ0) is 17.4. The molecule has 7 heteroatoms. The van der Waals surface area contributed by atoms with Gasteiger partial charge in [0, 0.05) is 31.2 Å². The van der Waals surface area contributed by atoms with Crippen molar-refractivity contribution in [3.63, 3.8) is 0 Å². The van der Waals surface area contributed by atoms with Crippen molar-refractivity contribution in [2.24, 2.45) is 0 Å². The van der Waals surface area contributed by atoms with E-state index in [4.69, 9.17) is 0 Å². The van der Waals surface area contributed by atoms with E-state index in [1.54, 1.807) is 36.5 Å². The summed E-state index contributed by atoms with van der Waals surface area (Å²) in [6.07, 6.45) is 1.64. The predicted molar refractivity (Wildman–Crippen MR) is 94.4 cm³/mol. The third kappa shape index (κ3) is 2.94. The Bertz CT molecular complexity index is 919. The van der Waals surface area contributed by atoms with Gasteiger partial charge in [-0.05, 0) is 37.3 Å². The lowest BCUT2D eigenvalue weighted by atomic mass is 10.1. The molecule has 0 spiro atoms. The van der Waals surface area contributed by atoms with Gasteiger partial charge < -0.3 is 15.3 Å². The molecule has 1 fully saturated rings. The average Bonchev–Trinajstić information content (AvgIpc) is 3.09. The molecule has 0 saturated carbocycles. The third-order valence-corrected chi connectivity index (χ3v) is 4.47. The molecule has 0 bridgehead atoms. The number of hydrogen-bond donors (Lipinski definition) is 3. The number of nitrogens with one attached hydrogen (secondary N) is 2. The first kappa shape index (κ1) is 15.6. The summed E-state index contributed by atoms with van der Waals surface area (Å²) in [5, 5.41) is 20.4. The number of carbonyl (C=O) groups excluding carboxylic acids is 1. The molecule has 1 unspecified atom stereocenters. The highest BCUT2D eigenvalue weighted by atomic mass is 16.3. The fraction of sp³-hybridized carbons (Fsp3) is 0.278. The summed E-state index contributed by atoms with van der Waals surface area (Å²) >= 11 is 0. The Labute approximate surface area is 144 Å². The van der Waals surface area contributed by atoms with Crippen LogP contribution in [0, 0.1) is 0 Å². The van der Waals surface area contributed by atoms with Gasteiger partial charge in [0.1, 0.15) is 5.75 Å². The van der Waals surface area contributed by atoms with Crippen molar-refractivity contribution in [3.8, 4) is 17.0 Å². The summed E-state index contributed by atoms with van der Waals surface area (Å²) in [6, 6.07) is 8.85. The number of amides is 1. The van der Waals surface area contributed by atoms with Gasteiger partial charge in [-0.15, -0.1) is 0 Å². The maximum Gasteiger partial charge on any atom is 0.254 e. The first-order valence-corrected chi connectivity index (χ1v) is 8.28. The van der Waals surface area contributed by atoms with E-state index in [0.29, 0.717) is 30.0 Å². The minimum Gasteiger partial charge on any atom is -0.508 e. The molecule has 2 aromatic heterocycles. The Morgan fingerprint density at radius 2 is 2.12 bits per heavy atom. The number of aromatic nitrogens is 3. The average molecular weight is 337 g/mol. The zero-order valence-electron chi connectivity index (χ0n) is 13.9. The number of carbonyl (C=O) groups is 1. The molecule has 1 aliphatic rings. The van der Waals surface area contributed by atoms with E-state index < -0.39 is 0 Å². The molecule has 1 amide bonds. The Morgan fingerprint density at radius 1 is 1.32 bits per heavy atom. The van der Waals surface area contributed by atoms with Crippen LogP contribution in [0.3, 0.4) is 0 Å². The van der Waals surface area contributed by atoms with Gasteiger partial charge in [0.15, 0.2) is 5.65 Å². The van der Waals surface area contributed by atoms with Crippen LogP contribution in [-0.2, 0) is 0 Å². The zero-order valence-corrected chi connectivity index (χ0v) is 13.9. The first-order valence-electron chi connectivity index (χ1n) is 8.28. The summed E-state index contributed by atoms with van der Waals surface area (Å²) in [5.74, 6) is 0.180. The van der Waals surface area contributed by atoms with Crippen molar-refractivity contribution in [2.75, 3.05) is 19.6 Å². The summed E-state index contributed by atoms with van der Waals surface area (Å²) < 4.78 is 0. The maximum atomic E-state index is 13.1. The van der Waals surface area contributed by atoms with E-state index in [1.807, 2.05) is 4.90 Å². The molecule has 1 aromatic carbocycles. The van der Waals surface area contributed by atoms with Crippen LogP contribution in [0.25, 0.3) is 22.3 Å². The summed E-state index contributed by atoms with van der Waals surface area (Å²) in [6.45, 7) is 4.22. The fourth-order valence-corrected chi connectivity index (χ4v) is 3.17. The van der Waals surface area contributed by atoms with Gasteiger partial charge in [-0.1, -0.05) is 0 Å². The van der Waals surface area contributed by atoms with E-state index in [2.05, 4.69) is 27.4 Å². The number of hydrogen-bond acceptors (Lipinski definition) is 5. The standard InChI is InChI=1S/C18H19N5O2/c1-11-10-23(7-6-19-11)18(25)14-8-16(12-2-4-13(24)5-3-12)21-17-15(14)9-20-22-17/h2-5,8-9,11,19,24H,6-7,10H2,1H3,(H,20,21,22). The normalized spacial score (nSPS) is 17.8. The van der Waals surface area contributed by atoms with Crippen molar-refractivity contribution in [1.82, 2.24) is 25.4 Å². The summed E-state index contributed by atoms with van der Waals surface area (Å²) in [5.41, 5.74) is 2.67. The molecule has 3 aromatic rings. The van der Waals surface area contributed by atoms with E-state index in [9.17, 15) is 9.90 Å². The Balaban J connectivity index is 1.78. The topological polar surface area (TPSA) is 94.1 Å². The van der Waals surface area contributed by atoms with Crippen molar-refractivity contribution < 1.29 is 9.90 Å². The van der Waals surface area contributed by atoms with Crippen LogP contribution in [-0.4, -0.2) is 56.8 Å². The van der Waals surface area contributed by atoms with Crippen LogP contribution < -0.4 is 5.32 Å². The largest absolute Gasteiger partial charge is 0.508 e. The van der Waals surface area contributed by atoms with Gasteiger partial charge >= 0.3 is 0 Å². The molecular weight excluding hydrogens is 318 g/mol. The van der Waals surface area contributed by atoms with Crippen LogP contribution in [0.2, 0.25) is 0 Å². The molecule has 4 rings (SSSR count). The minimum absolute atomic E-state index is 0.0119. The number of phenols is 1. The van der Waals surface area contributed by atoms with Crippen molar-refractivity contribution in [3.05, 3.63) is 42.1 Å². The maximum absolute atomic E-state index is 13.1. The van der Waals surface area contributed by atoms with Crippen LogP contribution in [0.5, 0.6) is 5.75 Å². The molecule has 25 heavy (non-hydrogen) atoms. The van der Waals surface area contributed by atoms with Crippen LogP contribution in [0.4, 0.5) is 0 Å². The van der Waals surface area contributed by atoms with Gasteiger partial charge in [0.05, 0.1) is 22.8 Å². The van der Waals surface area contributed by atoms with Gasteiger partial charge in [-0.2, -0.15) is 5.10 Å². The number of pyridine rings is 1. The number of nitrogens with zero attached hydrogens (tertiary/aromatic N) is 3. The molecule has 1 saturated heterocycles. The summed E-state index contributed by atoms with van der Waals surface area (Å²) in [7, 11) is 0. The number of H-pyrrole nitrogens is 1. The molecule has 1 aliphatic heterocycles. The molecule has 3 N–H and O–H groups in total. The number of aromatic hydroxyl groups is 1. The number of benzene rings is 1. The number of phenolic OH excluding ortho intramolecular Hbond substituents is 1. The van der Waals surface area contributed by atoms with E-state index >= 15 is 0 Å². The molecule has 1 atom stereocenters. The predicted octanol–water partition coefficient (Wildman–Crippen LogP) is 1.76. The highest BCUT2D eigenvalue weighted by Crippen LogP contribution is 2.26. The van der Waals surface area contributed by atoms with Gasteiger partial charge in [-0.3, -0.25) is 9.89 Å². The van der Waals surface area contributed by atoms with E-state index in [1.165, 1.54) is 0 Å². The lowest BCUT2D eigenvalue weighted by molar-refractivity contribution is 0.0711. The lowest BCUT2D eigenvalue weighted by Crippen LogP contribution is -2.51. The highest BCUT2D eigenvalue weighted by molar-refractivity contribution is 6.06. The SMILES string of the molecule is CC1CN(C(=O)c2cc(-c3ccc(O)cc3)nc3[nH]ncc23)CCN1. The third-order valence-electron chi connectivity index (χ3n) is 4.47. The molecule has 0 radical (unpaired) electrons.